The van der Waals surface area contributed by atoms with Gasteiger partial charge in [0.15, 0.2) is 0 Å². The summed E-state index contributed by atoms with van der Waals surface area (Å²) in [5, 5.41) is 2.33. The Morgan fingerprint density at radius 3 is 2.46 bits per heavy atom. The molecule has 1 atom stereocenters. The van der Waals surface area contributed by atoms with Gasteiger partial charge in [-0.25, -0.2) is 4.79 Å². The molecule has 0 aromatic heterocycles. The Balaban J connectivity index is 1.92. The van der Waals surface area contributed by atoms with Gasteiger partial charge in [0.1, 0.15) is 12.4 Å². The van der Waals surface area contributed by atoms with Gasteiger partial charge in [-0.1, -0.05) is 18.1 Å². The van der Waals surface area contributed by atoms with E-state index in [0.717, 1.165) is 12.8 Å². The third-order valence-corrected chi connectivity index (χ3v) is 3.89. The van der Waals surface area contributed by atoms with Crippen LogP contribution in [0.4, 0.5) is 18.0 Å². The van der Waals surface area contributed by atoms with E-state index in [0.29, 0.717) is 11.3 Å². The average molecular weight is 369 g/mol. The number of rotatable bonds is 6. The molecule has 142 valence electrons. The lowest BCUT2D eigenvalue weighted by Gasteiger charge is -2.29. The zero-order valence-corrected chi connectivity index (χ0v) is 14.8. The van der Waals surface area contributed by atoms with Gasteiger partial charge >= 0.3 is 12.3 Å². The van der Waals surface area contributed by atoms with Crippen LogP contribution in [0.3, 0.4) is 0 Å². The number of benzene rings is 1. The van der Waals surface area contributed by atoms with E-state index >= 15 is 0 Å². The summed E-state index contributed by atoms with van der Waals surface area (Å²) < 4.78 is 48.7. The van der Waals surface area contributed by atoms with Crippen molar-refractivity contribution in [1.82, 2.24) is 5.32 Å². The van der Waals surface area contributed by atoms with Crippen molar-refractivity contribution in [2.75, 3.05) is 7.11 Å². The van der Waals surface area contributed by atoms with Gasteiger partial charge in [-0.05, 0) is 37.5 Å². The lowest BCUT2D eigenvalue weighted by molar-refractivity contribution is -0.147. The zero-order chi connectivity index (χ0) is 19.2. The van der Waals surface area contributed by atoms with E-state index in [-0.39, 0.29) is 18.9 Å². The summed E-state index contributed by atoms with van der Waals surface area (Å²) in [6.45, 7) is 1.28. The maximum atomic E-state index is 12.9. The lowest BCUT2D eigenvalue weighted by Crippen LogP contribution is -2.48. The van der Waals surface area contributed by atoms with Gasteiger partial charge in [-0.3, -0.25) is 0 Å². The van der Waals surface area contributed by atoms with Crippen LogP contribution in [0.1, 0.15) is 38.2 Å². The molecule has 7 heteroatoms. The molecule has 0 radical (unpaired) electrons. The predicted octanol–water partition coefficient (Wildman–Crippen LogP) is 4.44. The number of ether oxygens (including phenoxy) is 2. The molecule has 1 fully saturated rings. The Morgan fingerprint density at radius 1 is 1.27 bits per heavy atom. The molecule has 0 spiro atoms. The SMILES string of the molecule is COc1ccc(COC(=O)N[C@@](C)(CC#CC2CC2)CC(F)(F)F)cc1. The van der Waals surface area contributed by atoms with Crippen LogP contribution in [0, 0.1) is 17.8 Å². The number of methoxy groups -OCH3 is 1. The zero-order valence-electron chi connectivity index (χ0n) is 14.8. The maximum Gasteiger partial charge on any atom is 0.407 e. The van der Waals surface area contributed by atoms with E-state index in [9.17, 15) is 18.0 Å². The molecule has 2 rings (SSSR count). The molecule has 1 N–H and O–H groups in total. The number of hydrogen-bond donors (Lipinski definition) is 1. The monoisotopic (exact) mass is 369 g/mol. The molecule has 0 unspecified atom stereocenters. The molecule has 0 saturated heterocycles. The number of alkyl carbamates (subject to hydrolysis) is 1. The quantitative estimate of drug-likeness (QED) is 0.755. The van der Waals surface area contributed by atoms with Crippen molar-refractivity contribution >= 4 is 6.09 Å². The highest BCUT2D eigenvalue weighted by atomic mass is 19.4. The Labute approximate surface area is 151 Å². The molecule has 0 heterocycles. The first-order chi connectivity index (χ1) is 12.2. The van der Waals surface area contributed by atoms with Crippen molar-refractivity contribution in [3.8, 4) is 17.6 Å². The van der Waals surface area contributed by atoms with E-state index < -0.39 is 24.2 Å². The van der Waals surface area contributed by atoms with Crippen LogP contribution in [0.5, 0.6) is 5.75 Å². The molecule has 26 heavy (non-hydrogen) atoms. The van der Waals surface area contributed by atoms with Crippen LogP contribution >= 0.6 is 0 Å². The van der Waals surface area contributed by atoms with Crippen LogP contribution in [0.25, 0.3) is 0 Å². The normalized spacial score (nSPS) is 16.0. The molecule has 1 aromatic rings. The number of carbonyl (C=O) groups excluding carboxylic acids is 1. The molecule has 1 aliphatic carbocycles. The first-order valence-electron chi connectivity index (χ1n) is 8.32. The summed E-state index contributed by atoms with van der Waals surface area (Å²) in [5.41, 5.74) is -0.830. The van der Waals surface area contributed by atoms with E-state index in [4.69, 9.17) is 9.47 Å². The van der Waals surface area contributed by atoms with Crippen molar-refractivity contribution in [1.29, 1.82) is 0 Å². The van der Waals surface area contributed by atoms with Gasteiger partial charge in [0.2, 0.25) is 0 Å². The van der Waals surface area contributed by atoms with Crippen LogP contribution in [0.15, 0.2) is 24.3 Å². The van der Waals surface area contributed by atoms with E-state index in [1.165, 1.54) is 14.0 Å². The second kappa shape index (κ2) is 8.35. The third kappa shape index (κ3) is 7.26. The molecule has 1 aliphatic rings. The third-order valence-electron chi connectivity index (χ3n) is 3.89. The largest absolute Gasteiger partial charge is 0.497 e. The second-order valence-corrected chi connectivity index (χ2v) is 6.67. The minimum atomic E-state index is -4.42. The summed E-state index contributed by atoms with van der Waals surface area (Å²) in [6.07, 6.45) is -4.60. The summed E-state index contributed by atoms with van der Waals surface area (Å²) >= 11 is 0. The van der Waals surface area contributed by atoms with Crippen molar-refractivity contribution in [3.63, 3.8) is 0 Å². The molecule has 1 saturated carbocycles. The van der Waals surface area contributed by atoms with Crippen LogP contribution in [-0.4, -0.2) is 24.9 Å². The first kappa shape index (κ1) is 20.0. The van der Waals surface area contributed by atoms with E-state index in [1.807, 2.05) is 0 Å². The number of carbonyl (C=O) groups is 1. The predicted molar refractivity (Wildman–Crippen MR) is 90.5 cm³/mol. The highest BCUT2D eigenvalue weighted by molar-refractivity contribution is 5.68. The van der Waals surface area contributed by atoms with Gasteiger partial charge in [0, 0.05) is 12.3 Å². The van der Waals surface area contributed by atoms with Crippen molar-refractivity contribution in [2.24, 2.45) is 5.92 Å². The minimum absolute atomic E-state index is 0.0499. The number of amides is 1. The molecular weight excluding hydrogens is 347 g/mol. The minimum Gasteiger partial charge on any atom is -0.497 e. The Kier molecular flexibility index (Phi) is 6.41. The molecule has 0 bridgehead atoms. The summed E-state index contributed by atoms with van der Waals surface area (Å²) in [7, 11) is 1.53. The Morgan fingerprint density at radius 2 is 1.92 bits per heavy atom. The van der Waals surface area contributed by atoms with Crippen LogP contribution in [0.2, 0.25) is 0 Å². The first-order valence-corrected chi connectivity index (χ1v) is 8.32. The number of alkyl halides is 3. The second-order valence-electron chi connectivity index (χ2n) is 6.67. The molecule has 0 aliphatic heterocycles. The highest BCUT2D eigenvalue weighted by Gasteiger charge is 2.40. The smallest absolute Gasteiger partial charge is 0.407 e. The Bertz CT molecular complexity index is 672. The van der Waals surface area contributed by atoms with Gasteiger partial charge in [0.25, 0.3) is 0 Å². The van der Waals surface area contributed by atoms with Crippen LogP contribution < -0.4 is 10.1 Å². The molecule has 4 nitrogen and oxygen atoms in total. The van der Waals surface area contributed by atoms with Gasteiger partial charge in [-0.15, -0.1) is 5.92 Å². The van der Waals surface area contributed by atoms with Crippen LogP contribution in [-0.2, 0) is 11.3 Å². The number of hydrogen-bond acceptors (Lipinski definition) is 3. The highest BCUT2D eigenvalue weighted by Crippen LogP contribution is 2.31. The number of nitrogens with one attached hydrogen (secondary N) is 1. The fourth-order valence-electron chi connectivity index (χ4n) is 2.36. The standard InChI is InChI=1S/C19H22F3NO3/c1-18(13-19(20,21)22,11-3-4-14-5-6-14)23-17(24)26-12-15-7-9-16(25-2)10-8-15/h7-10,14H,5-6,11-13H2,1-2H3,(H,23,24)/t18-/m0/s1. The molecule has 1 aromatic carbocycles. The van der Waals surface area contributed by atoms with E-state index in [1.54, 1.807) is 24.3 Å². The fraction of sp³-hybridized carbons (Fsp3) is 0.526. The topological polar surface area (TPSA) is 47.6 Å². The fourth-order valence-corrected chi connectivity index (χ4v) is 2.36. The maximum absolute atomic E-state index is 12.9. The summed E-state index contributed by atoms with van der Waals surface area (Å²) in [5.74, 6) is 6.63. The van der Waals surface area contributed by atoms with Crippen molar-refractivity contribution in [3.05, 3.63) is 29.8 Å². The lowest BCUT2D eigenvalue weighted by atomic mass is 9.93. The summed E-state index contributed by atoms with van der Waals surface area (Å²) in [6, 6.07) is 6.83. The molecular formula is C19H22F3NO3. The van der Waals surface area contributed by atoms with Gasteiger partial charge < -0.3 is 14.8 Å². The van der Waals surface area contributed by atoms with E-state index in [2.05, 4.69) is 17.2 Å². The van der Waals surface area contributed by atoms with Crippen molar-refractivity contribution in [2.45, 2.75) is 50.9 Å². The van der Waals surface area contributed by atoms with Gasteiger partial charge in [-0.2, -0.15) is 13.2 Å². The van der Waals surface area contributed by atoms with Crippen molar-refractivity contribution < 1.29 is 27.4 Å². The molecule has 1 amide bonds. The van der Waals surface area contributed by atoms with Gasteiger partial charge in [0.05, 0.1) is 19.1 Å². The summed E-state index contributed by atoms with van der Waals surface area (Å²) in [4.78, 5) is 12.0. The number of halogens is 3. The average Bonchev–Trinajstić information content (AvgIpc) is 3.35. The Hall–Kier alpha value is -2.36.